The van der Waals surface area contributed by atoms with Crippen LogP contribution >= 0.6 is 0 Å². The van der Waals surface area contributed by atoms with Gasteiger partial charge in [-0.25, -0.2) is 0 Å². The average molecular weight is 275 g/mol. The number of rotatable bonds is 5. The normalized spacial score (nSPS) is 17.9. The van der Waals surface area contributed by atoms with Crippen LogP contribution in [0.5, 0.6) is 0 Å². The molecule has 3 heteroatoms. The predicted molar refractivity (Wildman–Crippen MR) is 85.6 cm³/mol. The van der Waals surface area contributed by atoms with Crippen LogP contribution in [0.2, 0.25) is 0 Å². The third kappa shape index (κ3) is 4.20. The maximum atomic E-state index is 4.46. The lowest BCUT2D eigenvalue weighted by molar-refractivity contribution is 0.394. The molecule has 1 aliphatic carbocycles. The number of nitrogens with zero attached hydrogens (tertiary/aromatic N) is 2. The lowest BCUT2D eigenvalue weighted by Crippen LogP contribution is -2.27. The van der Waals surface area contributed by atoms with Crippen LogP contribution in [0.4, 0.5) is 0 Å². The van der Waals surface area contributed by atoms with Gasteiger partial charge in [-0.05, 0) is 25.7 Å². The maximum absolute atomic E-state index is 4.46. The number of aromatic nitrogens is 2. The topological polar surface area (TPSA) is 29.9 Å². The lowest BCUT2D eigenvalue weighted by Gasteiger charge is -2.25. The molecule has 1 N–H and O–H groups in total. The summed E-state index contributed by atoms with van der Waals surface area (Å²) in [6, 6.07) is 0.539. The van der Waals surface area contributed by atoms with Crippen molar-refractivity contribution >= 4 is 6.08 Å². The first-order valence-corrected chi connectivity index (χ1v) is 8.00. The molecule has 20 heavy (non-hydrogen) atoms. The third-order valence-electron chi connectivity index (χ3n) is 4.24. The first kappa shape index (κ1) is 15.3. The molecule has 0 bridgehead atoms. The molecule has 1 aromatic heterocycles. The Morgan fingerprint density at radius 3 is 2.65 bits per heavy atom. The van der Waals surface area contributed by atoms with Gasteiger partial charge in [0, 0.05) is 31.4 Å². The maximum Gasteiger partial charge on any atom is 0.0665 e. The van der Waals surface area contributed by atoms with E-state index in [0.717, 1.165) is 18.2 Å². The number of nitrogens with one attached hydrogen (secondary N) is 1. The average Bonchev–Trinajstić information content (AvgIpc) is 2.73. The molecule has 0 unspecified atom stereocenters. The van der Waals surface area contributed by atoms with Crippen molar-refractivity contribution in [1.29, 1.82) is 0 Å². The second-order valence-electron chi connectivity index (χ2n) is 6.43. The smallest absolute Gasteiger partial charge is 0.0665 e. The van der Waals surface area contributed by atoms with Crippen molar-refractivity contribution in [2.75, 3.05) is 6.54 Å². The van der Waals surface area contributed by atoms with Gasteiger partial charge in [0.25, 0.3) is 0 Å². The Bertz CT molecular complexity index is 451. The van der Waals surface area contributed by atoms with Crippen LogP contribution in [0.3, 0.4) is 0 Å². The SMILES string of the molecule is Cc1nn(C)cc1C=C(CNC(C)C)C1CCCCC1. The van der Waals surface area contributed by atoms with Gasteiger partial charge in [-0.1, -0.05) is 44.8 Å². The number of hydrogen-bond acceptors (Lipinski definition) is 2. The van der Waals surface area contributed by atoms with Crippen LogP contribution in [0, 0.1) is 12.8 Å². The van der Waals surface area contributed by atoms with Crippen molar-refractivity contribution in [3.05, 3.63) is 23.0 Å². The Morgan fingerprint density at radius 2 is 2.10 bits per heavy atom. The molecule has 3 nitrogen and oxygen atoms in total. The lowest BCUT2D eigenvalue weighted by atomic mass is 9.83. The van der Waals surface area contributed by atoms with Crippen molar-refractivity contribution < 1.29 is 0 Å². The Balaban J connectivity index is 2.17. The fraction of sp³-hybridized carbons (Fsp3) is 0.706. The molecule has 112 valence electrons. The van der Waals surface area contributed by atoms with Gasteiger partial charge in [0.2, 0.25) is 0 Å². The fourth-order valence-electron chi connectivity index (χ4n) is 3.07. The molecule has 0 aliphatic heterocycles. The van der Waals surface area contributed by atoms with E-state index in [-0.39, 0.29) is 0 Å². The van der Waals surface area contributed by atoms with Gasteiger partial charge in [0.1, 0.15) is 0 Å². The van der Waals surface area contributed by atoms with Crippen LogP contribution in [-0.4, -0.2) is 22.4 Å². The van der Waals surface area contributed by atoms with Crippen LogP contribution in [0.1, 0.15) is 57.2 Å². The summed E-state index contributed by atoms with van der Waals surface area (Å²) in [6.45, 7) is 7.54. The summed E-state index contributed by atoms with van der Waals surface area (Å²) in [5.74, 6) is 0.759. The summed E-state index contributed by atoms with van der Waals surface area (Å²) >= 11 is 0. The van der Waals surface area contributed by atoms with E-state index in [0.29, 0.717) is 6.04 Å². The summed E-state index contributed by atoms with van der Waals surface area (Å²) in [4.78, 5) is 0. The van der Waals surface area contributed by atoms with Gasteiger partial charge in [-0.3, -0.25) is 4.68 Å². The van der Waals surface area contributed by atoms with Gasteiger partial charge in [-0.2, -0.15) is 5.10 Å². The van der Waals surface area contributed by atoms with E-state index in [2.05, 4.69) is 43.5 Å². The number of hydrogen-bond donors (Lipinski definition) is 1. The van der Waals surface area contributed by atoms with E-state index in [1.807, 2.05) is 11.7 Å². The second-order valence-corrected chi connectivity index (χ2v) is 6.43. The van der Waals surface area contributed by atoms with Crippen LogP contribution in [0.15, 0.2) is 11.8 Å². The third-order valence-corrected chi connectivity index (χ3v) is 4.24. The molecule has 1 aliphatic rings. The fourth-order valence-corrected chi connectivity index (χ4v) is 3.07. The Labute approximate surface area is 123 Å². The first-order valence-electron chi connectivity index (χ1n) is 8.00. The molecule has 1 aromatic rings. The van der Waals surface area contributed by atoms with Crippen molar-refractivity contribution in [3.8, 4) is 0 Å². The molecule has 1 heterocycles. The highest BCUT2D eigenvalue weighted by Gasteiger charge is 2.18. The second kappa shape index (κ2) is 7.07. The molecule has 1 fully saturated rings. The van der Waals surface area contributed by atoms with E-state index < -0.39 is 0 Å². The van der Waals surface area contributed by atoms with E-state index in [1.165, 1.54) is 37.7 Å². The highest BCUT2D eigenvalue weighted by atomic mass is 15.2. The Morgan fingerprint density at radius 1 is 1.40 bits per heavy atom. The van der Waals surface area contributed by atoms with Gasteiger partial charge < -0.3 is 5.32 Å². The van der Waals surface area contributed by atoms with Crippen molar-refractivity contribution in [1.82, 2.24) is 15.1 Å². The molecule has 0 spiro atoms. The zero-order valence-corrected chi connectivity index (χ0v) is 13.4. The van der Waals surface area contributed by atoms with E-state index in [4.69, 9.17) is 0 Å². The minimum Gasteiger partial charge on any atom is -0.311 e. The molecule has 0 amide bonds. The van der Waals surface area contributed by atoms with Crippen molar-refractivity contribution in [3.63, 3.8) is 0 Å². The minimum atomic E-state index is 0.539. The van der Waals surface area contributed by atoms with Crippen LogP contribution in [0.25, 0.3) is 6.08 Å². The summed E-state index contributed by atoms with van der Waals surface area (Å²) in [5, 5.41) is 8.05. The summed E-state index contributed by atoms with van der Waals surface area (Å²) in [6.07, 6.45) is 11.4. The van der Waals surface area contributed by atoms with E-state index in [9.17, 15) is 0 Å². The minimum absolute atomic E-state index is 0.539. The highest BCUT2D eigenvalue weighted by Crippen LogP contribution is 2.31. The molecule has 2 rings (SSSR count). The standard InChI is InChI=1S/C17H29N3/c1-13(2)18-11-16(15-8-6-5-7-9-15)10-17-12-20(4)19-14(17)3/h10,12-13,15,18H,5-9,11H2,1-4H3. The van der Waals surface area contributed by atoms with E-state index >= 15 is 0 Å². The summed E-state index contributed by atoms with van der Waals surface area (Å²) in [5.41, 5.74) is 3.97. The molecule has 0 aromatic carbocycles. The number of aryl methyl sites for hydroxylation is 2. The van der Waals surface area contributed by atoms with Gasteiger partial charge >= 0.3 is 0 Å². The molecular weight excluding hydrogens is 246 g/mol. The quantitative estimate of drug-likeness (QED) is 0.888. The Hall–Kier alpha value is -1.09. The zero-order chi connectivity index (χ0) is 14.5. The van der Waals surface area contributed by atoms with Crippen LogP contribution in [-0.2, 0) is 7.05 Å². The molecule has 1 saturated carbocycles. The van der Waals surface area contributed by atoms with Gasteiger partial charge in [0.15, 0.2) is 0 Å². The van der Waals surface area contributed by atoms with Crippen molar-refractivity contribution in [2.24, 2.45) is 13.0 Å². The van der Waals surface area contributed by atoms with E-state index in [1.54, 1.807) is 5.57 Å². The Kier molecular flexibility index (Phi) is 5.41. The van der Waals surface area contributed by atoms with Gasteiger partial charge in [0.05, 0.1) is 5.69 Å². The van der Waals surface area contributed by atoms with Gasteiger partial charge in [-0.15, -0.1) is 0 Å². The predicted octanol–water partition coefficient (Wildman–Crippen LogP) is 3.69. The summed E-state index contributed by atoms with van der Waals surface area (Å²) in [7, 11) is 2.00. The molecule has 0 saturated heterocycles. The molecule has 0 atom stereocenters. The zero-order valence-electron chi connectivity index (χ0n) is 13.4. The van der Waals surface area contributed by atoms with Crippen LogP contribution < -0.4 is 5.32 Å². The monoisotopic (exact) mass is 275 g/mol. The largest absolute Gasteiger partial charge is 0.311 e. The summed E-state index contributed by atoms with van der Waals surface area (Å²) < 4.78 is 1.91. The molecular formula is C17H29N3. The first-order chi connectivity index (χ1) is 9.56. The van der Waals surface area contributed by atoms with Crippen molar-refractivity contribution in [2.45, 2.75) is 58.9 Å². The molecule has 0 radical (unpaired) electrons. The highest BCUT2D eigenvalue weighted by molar-refractivity contribution is 5.55.